The monoisotopic (exact) mass is 471 g/mol. The molecule has 3 heterocycles. The predicted octanol–water partition coefficient (Wildman–Crippen LogP) is 5.10. The van der Waals surface area contributed by atoms with Crippen LogP contribution in [-0.2, 0) is 19.4 Å². The van der Waals surface area contributed by atoms with Gasteiger partial charge in [-0.2, -0.15) is 4.98 Å². The molecule has 1 aromatic carbocycles. The molecule has 0 fully saturated rings. The Morgan fingerprint density at radius 1 is 1.17 bits per heavy atom. The molecule has 0 bridgehead atoms. The lowest BCUT2D eigenvalue weighted by molar-refractivity contribution is 0.306. The number of nitrogens with one attached hydrogen (secondary N) is 1. The van der Waals surface area contributed by atoms with Crippen molar-refractivity contribution >= 4 is 38.2 Å². The van der Waals surface area contributed by atoms with Crippen molar-refractivity contribution in [2.24, 2.45) is 0 Å². The van der Waals surface area contributed by atoms with E-state index < -0.39 is 0 Å². The number of nitrogens with zero attached hydrogens (tertiary/aromatic N) is 4. The summed E-state index contributed by atoms with van der Waals surface area (Å²) < 4.78 is 12.0. The van der Waals surface area contributed by atoms with Crippen LogP contribution in [-0.4, -0.2) is 20.1 Å². The summed E-state index contributed by atoms with van der Waals surface area (Å²) in [6, 6.07) is 11.9. The Bertz CT molecular complexity index is 1080. The molecule has 9 heteroatoms. The molecule has 0 radical (unpaired) electrons. The van der Waals surface area contributed by atoms with Gasteiger partial charge < -0.3 is 14.6 Å². The van der Waals surface area contributed by atoms with Gasteiger partial charge in [-0.25, -0.2) is 9.97 Å². The first-order valence-corrected chi connectivity index (χ1v) is 10.7. The maximum Gasteiger partial charge on any atom is 0.227 e. The third kappa shape index (κ3) is 5.39. The van der Waals surface area contributed by atoms with Crippen LogP contribution in [0.2, 0.25) is 0 Å². The Morgan fingerprint density at radius 3 is 2.83 bits per heavy atom. The van der Waals surface area contributed by atoms with Crippen LogP contribution in [0.15, 0.2) is 57.0 Å². The number of rotatable bonds is 8. The first kappa shape index (κ1) is 19.5. The molecular weight excluding hydrogens is 454 g/mol. The van der Waals surface area contributed by atoms with E-state index in [4.69, 9.17) is 9.26 Å². The Labute approximate surface area is 180 Å². The largest absolute Gasteiger partial charge is 0.485 e. The molecule has 4 rings (SSSR count). The lowest BCUT2D eigenvalue weighted by Gasteiger charge is -2.11. The van der Waals surface area contributed by atoms with Gasteiger partial charge in [0.25, 0.3) is 0 Å². The first-order valence-electron chi connectivity index (χ1n) is 8.98. The van der Waals surface area contributed by atoms with Crippen LogP contribution in [0.25, 0.3) is 0 Å². The van der Waals surface area contributed by atoms with Gasteiger partial charge in [0.1, 0.15) is 6.61 Å². The van der Waals surface area contributed by atoms with Gasteiger partial charge in [-0.1, -0.05) is 35.5 Å². The Hall–Kier alpha value is -2.78. The number of ether oxygens (including phenoxy) is 1. The zero-order valence-electron chi connectivity index (χ0n) is 15.6. The molecule has 3 aromatic heterocycles. The summed E-state index contributed by atoms with van der Waals surface area (Å²) in [4.78, 5) is 13.3. The molecule has 0 amide bonds. The predicted molar refractivity (Wildman–Crippen MR) is 115 cm³/mol. The van der Waals surface area contributed by atoms with Crippen molar-refractivity contribution in [3.05, 3.63) is 75.4 Å². The maximum absolute atomic E-state index is 5.98. The summed E-state index contributed by atoms with van der Waals surface area (Å²) in [7, 11) is 0. The van der Waals surface area contributed by atoms with E-state index in [9.17, 15) is 0 Å². The van der Waals surface area contributed by atoms with Crippen molar-refractivity contribution in [3.8, 4) is 5.75 Å². The fourth-order valence-electron chi connectivity index (χ4n) is 2.62. The molecule has 0 saturated carbocycles. The fourth-order valence-corrected chi connectivity index (χ4v) is 3.67. The fraction of sp³-hybridized carbons (Fsp3) is 0.200. The van der Waals surface area contributed by atoms with Gasteiger partial charge in [-0.15, -0.1) is 11.3 Å². The van der Waals surface area contributed by atoms with Crippen molar-refractivity contribution in [2.45, 2.75) is 26.4 Å². The van der Waals surface area contributed by atoms with Gasteiger partial charge in [0.15, 0.2) is 22.5 Å². The molecule has 4 aromatic rings. The SMILES string of the molecule is Cc1noc(CCc2csc(Nc3ncc(Br)cc3OCc3ccccc3)n2)n1. The van der Waals surface area contributed by atoms with Gasteiger partial charge >= 0.3 is 0 Å². The van der Waals surface area contributed by atoms with E-state index in [-0.39, 0.29) is 0 Å². The van der Waals surface area contributed by atoms with Crippen LogP contribution in [0.3, 0.4) is 0 Å². The van der Waals surface area contributed by atoms with Crippen LogP contribution in [0.4, 0.5) is 10.9 Å². The number of aryl methyl sites for hydroxylation is 3. The third-order valence-corrected chi connectivity index (χ3v) is 5.24. The summed E-state index contributed by atoms with van der Waals surface area (Å²) >= 11 is 4.97. The van der Waals surface area contributed by atoms with Crippen molar-refractivity contribution in [3.63, 3.8) is 0 Å². The van der Waals surface area contributed by atoms with Gasteiger partial charge in [-0.05, 0) is 40.9 Å². The van der Waals surface area contributed by atoms with Gasteiger partial charge in [0, 0.05) is 22.5 Å². The van der Waals surface area contributed by atoms with Gasteiger partial charge in [-0.3, -0.25) is 0 Å². The molecule has 0 unspecified atom stereocenters. The standard InChI is InChI=1S/C20H18BrN5O2S/c1-13-23-18(28-26-13)8-7-16-12-29-20(24-16)25-19-17(9-15(21)10-22-19)27-11-14-5-3-2-4-6-14/h2-6,9-10,12H,7-8,11H2,1H3,(H,22,24,25). The maximum atomic E-state index is 5.98. The highest BCUT2D eigenvalue weighted by molar-refractivity contribution is 9.10. The van der Waals surface area contributed by atoms with E-state index >= 15 is 0 Å². The average Bonchev–Trinajstić information content (AvgIpc) is 3.36. The van der Waals surface area contributed by atoms with E-state index in [2.05, 4.69) is 41.4 Å². The van der Waals surface area contributed by atoms with E-state index in [0.717, 1.165) is 27.3 Å². The molecule has 29 heavy (non-hydrogen) atoms. The highest BCUT2D eigenvalue weighted by atomic mass is 79.9. The topological polar surface area (TPSA) is 86.0 Å². The number of benzene rings is 1. The molecule has 0 spiro atoms. The Morgan fingerprint density at radius 2 is 2.03 bits per heavy atom. The number of halogens is 1. The number of aromatic nitrogens is 4. The van der Waals surface area contributed by atoms with Crippen LogP contribution >= 0.6 is 27.3 Å². The van der Waals surface area contributed by atoms with E-state index in [1.807, 2.05) is 41.8 Å². The molecule has 0 aliphatic carbocycles. The number of pyridine rings is 1. The smallest absolute Gasteiger partial charge is 0.227 e. The summed E-state index contributed by atoms with van der Waals surface area (Å²) in [5.41, 5.74) is 2.04. The zero-order valence-corrected chi connectivity index (χ0v) is 18.0. The highest BCUT2D eigenvalue weighted by Crippen LogP contribution is 2.30. The third-order valence-electron chi connectivity index (χ3n) is 4.00. The summed E-state index contributed by atoms with van der Waals surface area (Å²) in [6.07, 6.45) is 3.11. The quantitative estimate of drug-likeness (QED) is 0.382. The zero-order chi connectivity index (χ0) is 20.1. The minimum atomic E-state index is 0.459. The number of thiazole rings is 1. The molecule has 0 atom stereocenters. The number of hydrogen-bond acceptors (Lipinski definition) is 8. The second kappa shape index (κ2) is 9.15. The number of hydrogen-bond donors (Lipinski definition) is 1. The second-order valence-corrected chi connectivity index (χ2v) is 8.05. The van der Waals surface area contributed by atoms with E-state index in [1.165, 1.54) is 11.3 Å². The molecule has 0 saturated heterocycles. The molecule has 7 nitrogen and oxygen atoms in total. The molecule has 1 N–H and O–H groups in total. The lowest BCUT2D eigenvalue weighted by atomic mass is 10.2. The van der Waals surface area contributed by atoms with Crippen molar-refractivity contribution in [1.29, 1.82) is 0 Å². The van der Waals surface area contributed by atoms with Crippen molar-refractivity contribution < 1.29 is 9.26 Å². The van der Waals surface area contributed by atoms with Crippen molar-refractivity contribution in [1.82, 2.24) is 20.1 Å². The Kier molecular flexibility index (Phi) is 6.16. The average molecular weight is 472 g/mol. The van der Waals surface area contributed by atoms with Gasteiger partial charge in [0.05, 0.1) is 5.69 Å². The van der Waals surface area contributed by atoms with Crippen LogP contribution < -0.4 is 10.1 Å². The summed E-state index contributed by atoms with van der Waals surface area (Å²) in [6.45, 7) is 2.26. The highest BCUT2D eigenvalue weighted by Gasteiger charge is 2.11. The van der Waals surface area contributed by atoms with Gasteiger partial charge in [0.2, 0.25) is 5.89 Å². The lowest BCUT2D eigenvalue weighted by Crippen LogP contribution is -2.01. The van der Waals surface area contributed by atoms with E-state index in [0.29, 0.717) is 36.3 Å². The first-order chi connectivity index (χ1) is 14.2. The minimum absolute atomic E-state index is 0.459. The summed E-state index contributed by atoms with van der Waals surface area (Å²) in [5, 5.41) is 9.82. The molecule has 148 valence electrons. The van der Waals surface area contributed by atoms with Crippen LogP contribution in [0, 0.1) is 6.92 Å². The molecule has 0 aliphatic heterocycles. The molecule has 0 aliphatic rings. The van der Waals surface area contributed by atoms with E-state index in [1.54, 1.807) is 13.1 Å². The van der Waals surface area contributed by atoms with Crippen LogP contribution in [0.5, 0.6) is 5.75 Å². The Balaban J connectivity index is 1.41. The van der Waals surface area contributed by atoms with Crippen LogP contribution in [0.1, 0.15) is 23.0 Å². The summed E-state index contributed by atoms with van der Waals surface area (Å²) in [5.74, 6) is 2.54. The van der Waals surface area contributed by atoms with Crippen molar-refractivity contribution in [2.75, 3.05) is 5.32 Å². The normalized spacial score (nSPS) is 10.8. The molecular formula is C20H18BrN5O2S. The second-order valence-electron chi connectivity index (χ2n) is 6.28. The minimum Gasteiger partial charge on any atom is -0.485 e. The number of anilines is 2.